The molecule has 1 fully saturated rings. The van der Waals surface area contributed by atoms with Crippen LogP contribution in [0.4, 0.5) is 4.79 Å². The van der Waals surface area contributed by atoms with Crippen LogP contribution in [0.1, 0.15) is 39.2 Å². The first-order valence-corrected chi connectivity index (χ1v) is 10.4. The second-order valence-corrected chi connectivity index (χ2v) is 9.78. The zero-order chi connectivity index (χ0) is 20.0. The van der Waals surface area contributed by atoms with Crippen LogP contribution in [0.2, 0.25) is 0 Å². The fraction of sp³-hybridized carbons (Fsp3) is 0.556. The van der Waals surface area contributed by atoms with E-state index in [1.807, 2.05) is 6.92 Å². The van der Waals surface area contributed by atoms with E-state index >= 15 is 0 Å². The number of rotatable bonds is 2. The summed E-state index contributed by atoms with van der Waals surface area (Å²) in [5.41, 5.74) is 6.27. The van der Waals surface area contributed by atoms with Gasteiger partial charge in [0.05, 0.1) is 10.9 Å². The van der Waals surface area contributed by atoms with Crippen LogP contribution >= 0.6 is 0 Å². The average molecular weight is 394 g/mol. The number of fused-ring (bicyclic) bond motifs is 1. The van der Waals surface area contributed by atoms with E-state index in [4.69, 9.17) is 10.5 Å². The van der Waals surface area contributed by atoms with Gasteiger partial charge in [0.2, 0.25) is 16.0 Å². The second-order valence-electron chi connectivity index (χ2n) is 7.89. The van der Waals surface area contributed by atoms with E-state index < -0.39 is 33.9 Å². The number of piperidine rings is 1. The molecule has 148 valence electrons. The number of nitrogens with zero attached hydrogens (tertiary/aromatic N) is 3. The molecule has 1 aromatic rings. The smallest absolute Gasteiger partial charge is 0.417 e. The Morgan fingerprint density at radius 1 is 1.26 bits per heavy atom. The number of amides is 1. The molecule has 1 saturated heterocycles. The normalized spacial score (nSPS) is 23.7. The lowest BCUT2D eigenvalue weighted by Crippen LogP contribution is -2.55. The van der Waals surface area contributed by atoms with E-state index in [1.165, 1.54) is 9.21 Å². The number of benzene rings is 1. The standard InChI is InChI=1S/C18H26N4O4S/c1-12-7-9-13(10-8-12)27(24,25)21-11-5-6-14-15(21)20-16(19)22(14)17(23)26-18(2,3)4/h7-10,14-15H,5-6,11H2,1-4H3,(H2,19,20)/t14-,15+/m1/s1. The lowest BCUT2D eigenvalue weighted by molar-refractivity contribution is 0.0257. The van der Waals surface area contributed by atoms with E-state index in [2.05, 4.69) is 4.99 Å². The minimum Gasteiger partial charge on any atom is -0.443 e. The number of aryl methyl sites for hydroxylation is 1. The quantitative estimate of drug-likeness (QED) is 0.826. The minimum atomic E-state index is -3.75. The molecule has 9 heteroatoms. The molecule has 0 aliphatic carbocycles. The first-order valence-electron chi connectivity index (χ1n) is 8.95. The zero-order valence-electron chi connectivity index (χ0n) is 16.0. The lowest BCUT2D eigenvalue weighted by atomic mass is 10.0. The SMILES string of the molecule is Cc1ccc(S(=O)(=O)N2CCC[C@@H]3[C@H]2N=C(N)N3C(=O)OC(C)(C)C)cc1. The predicted octanol–water partition coefficient (Wildman–Crippen LogP) is 2.04. The van der Waals surface area contributed by atoms with Crippen LogP contribution in [0.3, 0.4) is 0 Å². The van der Waals surface area contributed by atoms with Gasteiger partial charge in [0.15, 0.2) is 0 Å². The molecule has 2 heterocycles. The Balaban J connectivity index is 1.89. The van der Waals surface area contributed by atoms with Crippen LogP contribution in [0.5, 0.6) is 0 Å². The summed E-state index contributed by atoms with van der Waals surface area (Å²) in [5.74, 6) is -0.00902. The van der Waals surface area contributed by atoms with Crippen molar-refractivity contribution in [3.05, 3.63) is 29.8 Å². The maximum Gasteiger partial charge on any atom is 0.417 e. The van der Waals surface area contributed by atoms with Crippen molar-refractivity contribution in [2.45, 2.75) is 63.2 Å². The number of aliphatic imine (C=N–C) groups is 1. The summed E-state index contributed by atoms with van der Waals surface area (Å²) in [4.78, 5) is 18.4. The number of nitrogens with two attached hydrogens (primary N) is 1. The fourth-order valence-corrected chi connectivity index (χ4v) is 4.95. The van der Waals surface area contributed by atoms with Crippen molar-refractivity contribution in [2.75, 3.05) is 6.54 Å². The third kappa shape index (κ3) is 3.79. The Morgan fingerprint density at radius 2 is 1.89 bits per heavy atom. The maximum absolute atomic E-state index is 13.1. The van der Waals surface area contributed by atoms with Gasteiger partial charge in [-0.05, 0) is 52.7 Å². The van der Waals surface area contributed by atoms with Gasteiger partial charge in [-0.2, -0.15) is 4.31 Å². The number of carbonyl (C=O) groups excluding carboxylic acids is 1. The van der Waals surface area contributed by atoms with Gasteiger partial charge in [-0.15, -0.1) is 0 Å². The molecule has 0 aromatic heterocycles. The van der Waals surface area contributed by atoms with E-state index in [1.54, 1.807) is 45.0 Å². The molecule has 0 radical (unpaired) electrons. The highest BCUT2D eigenvalue weighted by molar-refractivity contribution is 7.89. The maximum atomic E-state index is 13.1. The van der Waals surface area contributed by atoms with Gasteiger partial charge >= 0.3 is 6.09 Å². The molecule has 0 bridgehead atoms. The Bertz CT molecular complexity index is 858. The van der Waals surface area contributed by atoms with Crippen molar-refractivity contribution >= 4 is 22.1 Å². The van der Waals surface area contributed by atoms with Crippen LogP contribution in [0.25, 0.3) is 0 Å². The third-order valence-corrected chi connectivity index (χ3v) is 6.46. The largest absolute Gasteiger partial charge is 0.443 e. The second kappa shape index (κ2) is 6.79. The van der Waals surface area contributed by atoms with Gasteiger partial charge in [0, 0.05) is 6.54 Å². The van der Waals surface area contributed by atoms with Crippen molar-refractivity contribution in [3.8, 4) is 0 Å². The highest BCUT2D eigenvalue weighted by Crippen LogP contribution is 2.33. The Kier molecular flexibility index (Phi) is 4.94. The van der Waals surface area contributed by atoms with Crippen LogP contribution < -0.4 is 5.73 Å². The van der Waals surface area contributed by atoms with Crippen LogP contribution in [-0.4, -0.2) is 54.0 Å². The van der Waals surface area contributed by atoms with E-state index in [0.717, 1.165) is 5.56 Å². The molecule has 2 aliphatic heterocycles. The molecule has 8 nitrogen and oxygen atoms in total. The topological polar surface area (TPSA) is 105 Å². The number of hydrogen-bond donors (Lipinski definition) is 1. The van der Waals surface area contributed by atoms with Crippen LogP contribution in [0.15, 0.2) is 34.2 Å². The third-order valence-electron chi connectivity index (χ3n) is 4.58. The minimum absolute atomic E-state index is 0.00902. The predicted molar refractivity (Wildman–Crippen MR) is 102 cm³/mol. The lowest BCUT2D eigenvalue weighted by Gasteiger charge is -2.37. The number of hydrogen-bond acceptors (Lipinski definition) is 6. The molecule has 1 amide bonds. The Morgan fingerprint density at radius 3 is 2.48 bits per heavy atom. The molecule has 1 aromatic carbocycles. The number of carbonyl (C=O) groups is 1. The number of guanidine groups is 1. The molecule has 3 rings (SSSR count). The van der Waals surface area contributed by atoms with Gasteiger partial charge in [0.1, 0.15) is 11.8 Å². The Labute approximate surface area is 160 Å². The molecular weight excluding hydrogens is 368 g/mol. The van der Waals surface area contributed by atoms with E-state index in [-0.39, 0.29) is 10.9 Å². The van der Waals surface area contributed by atoms with Gasteiger partial charge in [0.25, 0.3) is 0 Å². The highest BCUT2D eigenvalue weighted by atomic mass is 32.2. The van der Waals surface area contributed by atoms with Crippen molar-refractivity contribution < 1.29 is 17.9 Å². The molecule has 0 saturated carbocycles. The zero-order valence-corrected chi connectivity index (χ0v) is 16.9. The van der Waals surface area contributed by atoms with Gasteiger partial charge in [-0.25, -0.2) is 23.1 Å². The molecule has 2 N–H and O–H groups in total. The van der Waals surface area contributed by atoms with E-state index in [9.17, 15) is 13.2 Å². The first kappa shape index (κ1) is 19.6. The summed E-state index contributed by atoms with van der Waals surface area (Å²) in [7, 11) is -3.75. The number of ether oxygens (including phenoxy) is 1. The van der Waals surface area contributed by atoms with Crippen molar-refractivity contribution in [3.63, 3.8) is 0 Å². The monoisotopic (exact) mass is 394 g/mol. The van der Waals surface area contributed by atoms with Gasteiger partial charge < -0.3 is 10.5 Å². The van der Waals surface area contributed by atoms with Gasteiger partial charge in [-0.1, -0.05) is 17.7 Å². The fourth-order valence-electron chi connectivity index (χ4n) is 3.36. The summed E-state index contributed by atoms with van der Waals surface area (Å²) >= 11 is 0. The van der Waals surface area contributed by atoms with Crippen molar-refractivity contribution in [2.24, 2.45) is 10.7 Å². The number of sulfonamides is 1. The Hall–Kier alpha value is -2.13. The molecule has 0 spiro atoms. The molecule has 2 aliphatic rings. The first-order chi connectivity index (χ1) is 12.5. The molecule has 2 atom stereocenters. The van der Waals surface area contributed by atoms with Crippen molar-refractivity contribution in [1.82, 2.24) is 9.21 Å². The molecule has 0 unspecified atom stereocenters. The highest BCUT2D eigenvalue weighted by Gasteiger charge is 2.48. The summed E-state index contributed by atoms with van der Waals surface area (Å²) in [6, 6.07) is 6.22. The molecule has 27 heavy (non-hydrogen) atoms. The summed E-state index contributed by atoms with van der Waals surface area (Å²) in [6.45, 7) is 7.52. The van der Waals surface area contributed by atoms with Crippen LogP contribution in [0, 0.1) is 6.92 Å². The average Bonchev–Trinajstić information content (AvgIpc) is 2.89. The van der Waals surface area contributed by atoms with E-state index in [0.29, 0.717) is 19.4 Å². The summed E-state index contributed by atoms with van der Waals surface area (Å²) < 4.78 is 33.0. The summed E-state index contributed by atoms with van der Waals surface area (Å²) in [5, 5.41) is 0. The van der Waals surface area contributed by atoms with Gasteiger partial charge in [-0.3, -0.25) is 0 Å². The van der Waals surface area contributed by atoms with Crippen molar-refractivity contribution in [1.29, 1.82) is 0 Å². The van der Waals surface area contributed by atoms with Crippen LogP contribution in [-0.2, 0) is 14.8 Å². The molecular formula is C18H26N4O4S. The summed E-state index contributed by atoms with van der Waals surface area (Å²) in [6.07, 6.45) is -0.133.